The van der Waals surface area contributed by atoms with Crippen molar-refractivity contribution in [3.63, 3.8) is 0 Å². The van der Waals surface area contributed by atoms with Gasteiger partial charge in [-0.15, -0.1) is 0 Å². The lowest BCUT2D eigenvalue weighted by atomic mass is 10.0. The van der Waals surface area contributed by atoms with Gasteiger partial charge in [0.15, 0.2) is 0 Å². The van der Waals surface area contributed by atoms with E-state index in [2.05, 4.69) is 4.98 Å². The summed E-state index contributed by atoms with van der Waals surface area (Å²) in [6.45, 7) is 2.72. The Labute approximate surface area is 186 Å². The summed E-state index contributed by atoms with van der Waals surface area (Å²) in [4.78, 5) is 30.7. The number of rotatable bonds is 6. The molecule has 1 aliphatic rings. The molecule has 2 heterocycles. The van der Waals surface area contributed by atoms with Crippen LogP contribution in [0.1, 0.15) is 28.1 Å². The summed E-state index contributed by atoms with van der Waals surface area (Å²) in [5.74, 6) is -0.539. The highest BCUT2D eigenvalue weighted by atomic mass is 16.5. The number of ether oxygens (including phenoxy) is 1. The number of aryl methyl sites for hydroxylation is 1. The summed E-state index contributed by atoms with van der Waals surface area (Å²) < 4.78 is 7.29. The zero-order valence-electron chi connectivity index (χ0n) is 18.1. The molecule has 0 radical (unpaired) electrons. The number of aromatic nitrogens is 2. The average molecular weight is 431 g/mol. The van der Waals surface area contributed by atoms with Crippen LogP contribution in [0.3, 0.4) is 0 Å². The van der Waals surface area contributed by atoms with Gasteiger partial charge in [-0.25, -0.2) is 9.78 Å². The Morgan fingerprint density at radius 1 is 1.22 bits per heavy atom. The lowest BCUT2D eigenvalue weighted by Crippen LogP contribution is -2.48. The third-order valence-corrected chi connectivity index (χ3v) is 5.71. The van der Waals surface area contributed by atoms with Crippen LogP contribution < -0.4 is 4.74 Å². The molecule has 0 unspecified atom stereocenters. The maximum absolute atomic E-state index is 12.8. The van der Waals surface area contributed by atoms with Crippen molar-refractivity contribution < 1.29 is 19.4 Å². The van der Waals surface area contributed by atoms with Gasteiger partial charge in [0.25, 0.3) is 0 Å². The first-order valence-electron chi connectivity index (χ1n) is 10.4. The molecule has 1 aromatic heterocycles. The predicted octanol–water partition coefficient (Wildman–Crippen LogP) is 3.30. The normalized spacial score (nSPS) is 15.6. The minimum atomic E-state index is -1.02. The number of fused-ring (bicyclic) bond motifs is 1. The summed E-state index contributed by atoms with van der Waals surface area (Å²) in [5, 5.41) is 9.82. The van der Waals surface area contributed by atoms with Crippen molar-refractivity contribution in [2.24, 2.45) is 0 Å². The number of carbonyl (C=O) groups is 2. The topological polar surface area (TPSA) is 84.7 Å². The first-order valence-corrected chi connectivity index (χ1v) is 10.4. The maximum atomic E-state index is 12.8. The van der Waals surface area contributed by atoms with Gasteiger partial charge in [-0.3, -0.25) is 4.79 Å². The van der Waals surface area contributed by atoms with E-state index in [-0.39, 0.29) is 18.9 Å². The van der Waals surface area contributed by atoms with Crippen LogP contribution >= 0.6 is 0 Å². The number of carboxylic acid groups (broad SMARTS) is 1. The third-order valence-electron chi connectivity index (χ3n) is 5.71. The molecule has 1 N–H and O–H groups in total. The second-order valence-electron chi connectivity index (χ2n) is 7.84. The van der Waals surface area contributed by atoms with Gasteiger partial charge >= 0.3 is 5.97 Å². The van der Waals surface area contributed by atoms with Crippen molar-refractivity contribution in [1.82, 2.24) is 14.5 Å². The molecular weight excluding hydrogens is 406 g/mol. The molecule has 32 heavy (non-hydrogen) atoms. The van der Waals surface area contributed by atoms with Gasteiger partial charge in [-0.2, -0.15) is 0 Å². The second-order valence-corrected chi connectivity index (χ2v) is 7.84. The molecule has 164 valence electrons. The van der Waals surface area contributed by atoms with Crippen LogP contribution in [0.5, 0.6) is 5.75 Å². The zero-order valence-corrected chi connectivity index (χ0v) is 18.1. The first-order chi connectivity index (χ1) is 15.5. The fourth-order valence-electron chi connectivity index (χ4n) is 4.03. The molecule has 0 fully saturated rings. The lowest BCUT2D eigenvalue weighted by molar-refractivity contribution is -0.149. The van der Waals surface area contributed by atoms with E-state index in [4.69, 9.17) is 4.74 Å². The zero-order chi connectivity index (χ0) is 22.7. The van der Waals surface area contributed by atoms with Crippen LogP contribution in [0, 0.1) is 6.92 Å². The molecule has 2 aromatic carbocycles. The van der Waals surface area contributed by atoms with E-state index in [0.717, 1.165) is 33.8 Å². The Morgan fingerprint density at radius 3 is 2.69 bits per heavy atom. The van der Waals surface area contributed by atoms with Crippen molar-refractivity contribution in [2.45, 2.75) is 32.5 Å². The monoisotopic (exact) mass is 431 g/mol. The van der Waals surface area contributed by atoms with Crippen LogP contribution in [0.2, 0.25) is 0 Å². The van der Waals surface area contributed by atoms with Crippen molar-refractivity contribution >= 4 is 18.0 Å². The van der Waals surface area contributed by atoms with Gasteiger partial charge in [0.2, 0.25) is 5.91 Å². The van der Waals surface area contributed by atoms with E-state index >= 15 is 0 Å². The summed E-state index contributed by atoms with van der Waals surface area (Å²) in [7, 11) is 1.64. The number of carbonyl (C=O) groups excluding carboxylic acids is 1. The van der Waals surface area contributed by atoms with Crippen molar-refractivity contribution in [1.29, 1.82) is 0 Å². The fraction of sp³-hybridized carbons (Fsp3) is 0.240. The van der Waals surface area contributed by atoms with E-state index in [1.54, 1.807) is 19.5 Å². The van der Waals surface area contributed by atoms with Crippen LogP contribution in [0.25, 0.3) is 6.08 Å². The van der Waals surface area contributed by atoms with Crippen LogP contribution in [-0.4, -0.2) is 44.6 Å². The number of amides is 1. The second kappa shape index (κ2) is 9.09. The van der Waals surface area contributed by atoms with Gasteiger partial charge in [0, 0.05) is 24.7 Å². The minimum absolute atomic E-state index is 0.166. The maximum Gasteiger partial charge on any atom is 0.326 e. The van der Waals surface area contributed by atoms with Crippen LogP contribution in [0.4, 0.5) is 0 Å². The highest BCUT2D eigenvalue weighted by molar-refractivity contribution is 5.94. The van der Waals surface area contributed by atoms with Gasteiger partial charge < -0.3 is 19.3 Å². The minimum Gasteiger partial charge on any atom is -0.496 e. The van der Waals surface area contributed by atoms with Crippen molar-refractivity contribution in [2.75, 3.05) is 7.11 Å². The number of carboxylic acids is 1. The average Bonchev–Trinajstić information content (AvgIpc) is 3.19. The highest BCUT2D eigenvalue weighted by Crippen LogP contribution is 2.25. The van der Waals surface area contributed by atoms with Crippen LogP contribution in [-0.2, 0) is 29.1 Å². The standard InChI is InChI=1S/C25H25N3O4/c1-17-12-19(8-10-23(17)32-2)14-27-16-26-20-15-28(22(25(30)31)13-21(20)27)24(29)11-9-18-6-4-3-5-7-18/h3-12,16,22H,13-15H2,1-2H3,(H,30,31)/b11-9-/t22-/m0/s1. The van der Waals surface area contributed by atoms with E-state index in [1.165, 1.54) is 11.0 Å². The third kappa shape index (κ3) is 4.42. The number of benzene rings is 2. The fourth-order valence-corrected chi connectivity index (χ4v) is 4.03. The molecule has 0 spiro atoms. The Morgan fingerprint density at radius 2 is 2.00 bits per heavy atom. The largest absolute Gasteiger partial charge is 0.496 e. The number of aliphatic carboxylic acids is 1. The smallest absolute Gasteiger partial charge is 0.326 e. The molecule has 0 saturated heterocycles. The Kier molecular flexibility index (Phi) is 6.07. The molecular formula is C25H25N3O4. The SMILES string of the molecule is COc1ccc(Cn2cnc3c2C[C@@H](C(=O)O)N(C(=O)/C=C\c2ccccc2)C3)cc1C. The number of hydrogen-bond acceptors (Lipinski definition) is 4. The number of imidazole rings is 1. The summed E-state index contributed by atoms with van der Waals surface area (Å²) in [6.07, 6.45) is 5.05. The molecule has 7 nitrogen and oxygen atoms in total. The number of hydrogen-bond donors (Lipinski definition) is 1. The molecule has 1 amide bonds. The Hall–Kier alpha value is -3.87. The van der Waals surface area contributed by atoms with Crippen molar-refractivity contribution in [3.05, 3.63) is 89.0 Å². The molecule has 4 rings (SSSR count). The molecule has 1 aliphatic heterocycles. The quantitative estimate of drug-likeness (QED) is 0.606. The number of nitrogens with zero attached hydrogens (tertiary/aromatic N) is 3. The van der Waals surface area contributed by atoms with Gasteiger partial charge in [0.1, 0.15) is 11.8 Å². The predicted molar refractivity (Wildman–Crippen MR) is 120 cm³/mol. The summed E-state index contributed by atoms with van der Waals surface area (Å²) >= 11 is 0. The van der Waals surface area contributed by atoms with E-state index in [0.29, 0.717) is 6.54 Å². The van der Waals surface area contributed by atoms with E-state index in [1.807, 2.05) is 60.0 Å². The van der Waals surface area contributed by atoms with Crippen LogP contribution in [0.15, 0.2) is 60.9 Å². The lowest BCUT2D eigenvalue weighted by Gasteiger charge is -2.32. The molecule has 0 saturated carbocycles. The molecule has 0 bridgehead atoms. The first kappa shape index (κ1) is 21.4. The van der Waals surface area contributed by atoms with E-state index < -0.39 is 12.0 Å². The summed E-state index contributed by atoms with van der Waals surface area (Å²) in [6, 6.07) is 14.5. The number of methoxy groups -OCH3 is 1. The van der Waals surface area contributed by atoms with E-state index in [9.17, 15) is 14.7 Å². The van der Waals surface area contributed by atoms with Crippen molar-refractivity contribution in [3.8, 4) is 5.75 Å². The van der Waals surface area contributed by atoms with Gasteiger partial charge in [0.05, 0.1) is 25.7 Å². The Bertz CT molecular complexity index is 1170. The molecule has 0 aliphatic carbocycles. The molecule has 7 heteroatoms. The summed E-state index contributed by atoms with van der Waals surface area (Å²) in [5.41, 5.74) is 4.56. The van der Waals surface area contributed by atoms with Gasteiger partial charge in [-0.1, -0.05) is 42.5 Å². The Balaban J connectivity index is 1.55. The molecule has 3 aromatic rings. The molecule has 1 atom stereocenters. The van der Waals surface area contributed by atoms with Gasteiger partial charge in [-0.05, 0) is 35.8 Å². The highest BCUT2D eigenvalue weighted by Gasteiger charge is 2.36.